The zero-order valence-corrected chi connectivity index (χ0v) is 20.5. The largest absolute Gasteiger partial charge is 0.494 e. The Morgan fingerprint density at radius 2 is 1.83 bits per heavy atom. The van der Waals surface area contributed by atoms with Crippen molar-refractivity contribution in [3.8, 4) is 5.75 Å². The van der Waals surface area contributed by atoms with Gasteiger partial charge in [-0.15, -0.1) is 0 Å². The summed E-state index contributed by atoms with van der Waals surface area (Å²) < 4.78 is 26.2. The summed E-state index contributed by atoms with van der Waals surface area (Å²) in [5.74, 6) is -0.134. The summed E-state index contributed by atoms with van der Waals surface area (Å²) in [6.45, 7) is 3.15. The molecule has 2 aliphatic rings. The summed E-state index contributed by atoms with van der Waals surface area (Å²) in [5.41, 5.74) is 1.12. The summed E-state index contributed by atoms with van der Waals surface area (Å²) in [5, 5.41) is 15.8. The summed E-state index contributed by atoms with van der Waals surface area (Å²) in [4.78, 5) is 10.7. The van der Waals surface area contributed by atoms with Crippen molar-refractivity contribution in [3.63, 3.8) is 0 Å². The van der Waals surface area contributed by atoms with Crippen LogP contribution >= 0.6 is 0 Å². The van der Waals surface area contributed by atoms with Crippen LogP contribution < -0.4 is 4.74 Å². The third kappa shape index (κ3) is 5.35. The van der Waals surface area contributed by atoms with Gasteiger partial charge in [-0.2, -0.15) is 5.10 Å². The first kappa shape index (κ1) is 25.2. The van der Waals surface area contributed by atoms with Gasteiger partial charge in [-0.25, -0.2) is 9.18 Å². The molecule has 1 saturated carbocycles. The van der Waals surface area contributed by atoms with E-state index in [0.29, 0.717) is 30.4 Å². The first-order chi connectivity index (χ1) is 17.0. The van der Waals surface area contributed by atoms with Crippen LogP contribution in [-0.2, 0) is 14.9 Å². The lowest BCUT2D eigenvalue weighted by Gasteiger charge is -2.39. The van der Waals surface area contributed by atoms with Crippen molar-refractivity contribution in [3.05, 3.63) is 65.5 Å². The van der Waals surface area contributed by atoms with Crippen LogP contribution in [0, 0.1) is 17.7 Å². The molecule has 0 bridgehead atoms. The van der Waals surface area contributed by atoms with Crippen molar-refractivity contribution in [2.24, 2.45) is 16.9 Å². The van der Waals surface area contributed by atoms with Crippen LogP contribution in [0.5, 0.6) is 5.75 Å². The second kappa shape index (κ2) is 11.2. The topological polar surface area (TPSA) is 71.4 Å². The van der Waals surface area contributed by atoms with Gasteiger partial charge in [-0.05, 0) is 55.6 Å². The minimum Gasteiger partial charge on any atom is -0.494 e. The Labute approximate surface area is 206 Å². The number of aliphatic carboxylic acids is 1. The molecule has 0 saturated heterocycles. The molecule has 2 aromatic rings. The van der Waals surface area contributed by atoms with Crippen molar-refractivity contribution in [1.82, 2.24) is 5.01 Å². The third-order valence-electron chi connectivity index (χ3n) is 7.60. The van der Waals surface area contributed by atoms with Crippen LogP contribution in [0.2, 0.25) is 0 Å². The second-order valence-electron chi connectivity index (χ2n) is 9.69. The average molecular weight is 483 g/mol. The van der Waals surface area contributed by atoms with E-state index in [1.165, 1.54) is 7.11 Å². The van der Waals surface area contributed by atoms with Crippen molar-refractivity contribution in [2.45, 2.75) is 50.5 Å². The van der Waals surface area contributed by atoms with Gasteiger partial charge in [0.2, 0.25) is 0 Å². The van der Waals surface area contributed by atoms with Crippen molar-refractivity contribution < 1.29 is 23.8 Å². The molecule has 0 spiro atoms. The number of hydrazone groups is 1. The fraction of sp³-hybridized carbons (Fsp3) is 0.500. The SMILES string of the molecule is CCC1(c2cccc(OC)c2F)C=NN(CC2CCC(COCC(=O)O)CC2)C1c1ccccc1. The van der Waals surface area contributed by atoms with Gasteiger partial charge in [-0.3, -0.25) is 5.01 Å². The molecule has 35 heavy (non-hydrogen) atoms. The summed E-state index contributed by atoms with van der Waals surface area (Å²) >= 11 is 0. The monoisotopic (exact) mass is 482 g/mol. The van der Waals surface area contributed by atoms with Crippen molar-refractivity contribution in [2.75, 3.05) is 26.9 Å². The normalized spacial score (nSPS) is 26.1. The lowest BCUT2D eigenvalue weighted by Crippen LogP contribution is -2.40. The van der Waals surface area contributed by atoms with E-state index >= 15 is 4.39 Å². The molecule has 1 N–H and O–H groups in total. The van der Waals surface area contributed by atoms with E-state index in [0.717, 1.165) is 37.8 Å². The number of halogens is 1. The van der Waals surface area contributed by atoms with E-state index in [2.05, 4.69) is 24.1 Å². The van der Waals surface area contributed by atoms with Gasteiger partial charge in [0.05, 0.1) is 25.2 Å². The highest BCUT2D eigenvalue weighted by atomic mass is 19.1. The molecule has 2 atom stereocenters. The van der Waals surface area contributed by atoms with Crippen LogP contribution in [0.15, 0.2) is 53.6 Å². The molecule has 6 nitrogen and oxygen atoms in total. The number of nitrogens with zero attached hydrogens (tertiary/aromatic N) is 2. The maximum absolute atomic E-state index is 15.6. The summed E-state index contributed by atoms with van der Waals surface area (Å²) in [7, 11) is 1.49. The van der Waals surface area contributed by atoms with E-state index in [1.54, 1.807) is 6.07 Å². The lowest BCUT2D eigenvalue weighted by atomic mass is 9.70. The van der Waals surface area contributed by atoms with E-state index in [1.807, 2.05) is 36.5 Å². The molecular weight excluding hydrogens is 447 g/mol. The van der Waals surface area contributed by atoms with Crippen LogP contribution in [0.1, 0.15) is 56.2 Å². The van der Waals surface area contributed by atoms with E-state index in [-0.39, 0.29) is 24.2 Å². The maximum Gasteiger partial charge on any atom is 0.329 e. The minimum absolute atomic E-state index is 0.119. The standard InChI is InChI=1S/C28H35FN2O4/c1-3-28(23-10-7-11-24(34-2)26(23)29)19-30-31(27(28)22-8-5-4-6-9-22)16-20-12-14-21(15-13-20)17-35-18-25(32)33/h4-11,19-21,27H,3,12-18H2,1-2H3,(H,32,33). The molecule has 0 amide bonds. The number of carboxylic acid groups (broad SMARTS) is 1. The first-order valence-corrected chi connectivity index (χ1v) is 12.5. The second-order valence-corrected chi connectivity index (χ2v) is 9.69. The number of carboxylic acids is 1. The summed E-state index contributed by atoms with van der Waals surface area (Å²) in [6.07, 6.45) is 6.75. The number of carbonyl (C=O) groups is 1. The quantitative estimate of drug-likeness (QED) is 0.489. The highest BCUT2D eigenvalue weighted by Crippen LogP contribution is 2.49. The van der Waals surface area contributed by atoms with Crippen LogP contribution in [0.3, 0.4) is 0 Å². The Morgan fingerprint density at radius 3 is 2.49 bits per heavy atom. The number of hydrogen-bond donors (Lipinski definition) is 1. The van der Waals surface area contributed by atoms with E-state index in [9.17, 15) is 4.79 Å². The molecule has 1 aliphatic heterocycles. The van der Waals surface area contributed by atoms with Gasteiger partial charge in [0.25, 0.3) is 0 Å². The molecule has 1 fully saturated rings. The molecule has 1 aliphatic carbocycles. The Hall–Kier alpha value is -2.93. The molecule has 188 valence electrons. The predicted octanol–water partition coefficient (Wildman–Crippen LogP) is 5.43. The van der Waals surface area contributed by atoms with Gasteiger partial charge in [0.15, 0.2) is 11.6 Å². The number of rotatable bonds is 10. The van der Waals surface area contributed by atoms with Crippen molar-refractivity contribution >= 4 is 12.2 Å². The van der Waals surface area contributed by atoms with Crippen LogP contribution in [-0.4, -0.2) is 49.2 Å². The Balaban J connectivity index is 1.54. The molecule has 0 aromatic heterocycles. The maximum atomic E-state index is 15.6. The molecule has 0 radical (unpaired) electrons. The average Bonchev–Trinajstić information content (AvgIpc) is 3.24. The Morgan fingerprint density at radius 1 is 1.11 bits per heavy atom. The molecule has 1 heterocycles. The van der Waals surface area contributed by atoms with Gasteiger partial charge in [0, 0.05) is 18.3 Å². The lowest BCUT2D eigenvalue weighted by molar-refractivity contribution is -0.142. The first-order valence-electron chi connectivity index (χ1n) is 12.5. The van der Waals surface area contributed by atoms with E-state index < -0.39 is 11.4 Å². The zero-order valence-electron chi connectivity index (χ0n) is 20.5. The zero-order chi connectivity index (χ0) is 24.8. The van der Waals surface area contributed by atoms with Crippen LogP contribution in [0.25, 0.3) is 0 Å². The third-order valence-corrected chi connectivity index (χ3v) is 7.60. The van der Waals surface area contributed by atoms with Gasteiger partial charge >= 0.3 is 5.97 Å². The highest BCUT2D eigenvalue weighted by Gasteiger charge is 2.48. The summed E-state index contributed by atoms with van der Waals surface area (Å²) in [6, 6.07) is 15.5. The number of benzene rings is 2. The molecular formula is C28H35FN2O4. The van der Waals surface area contributed by atoms with E-state index in [4.69, 9.17) is 19.7 Å². The number of ether oxygens (including phenoxy) is 2. The fourth-order valence-corrected chi connectivity index (χ4v) is 5.72. The number of methoxy groups -OCH3 is 1. The van der Waals surface area contributed by atoms with Gasteiger partial charge < -0.3 is 14.6 Å². The molecule has 2 aromatic carbocycles. The minimum atomic E-state index is -0.926. The molecule has 7 heteroatoms. The molecule has 4 rings (SSSR count). The van der Waals surface area contributed by atoms with Gasteiger partial charge in [-0.1, -0.05) is 49.4 Å². The number of hydrogen-bond acceptors (Lipinski definition) is 5. The van der Waals surface area contributed by atoms with Crippen LogP contribution in [0.4, 0.5) is 4.39 Å². The Kier molecular flexibility index (Phi) is 8.06. The highest BCUT2D eigenvalue weighted by molar-refractivity contribution is 5.78. The molecule has 2 unspecified atom stereocenters. The Bertz CT molecular complexity index is 1020. The van der Waals surface area contributed by atoms with Gasteiger partial charge in [0.1, 0.15) is 6.61 Å². The fourth-order valence-electron chi connectivity index (χ4n) is 5.72. The predicted molar refractivity (Wildman–Crippen MR) is 133 cm³/mol. The van der Waals surface area contributed by atoms with Crippen molar-refractivity contribution in [1.29, 1.82) is 0 Å². The smallest absolute Gasteiger partial charge is 0.329 e.